The molecule has 0 aromatic heterocycles. The lowest BCUT2D eigenvalue weighted by atomic mass is 10.1. The number of methoxy groups -OCH3 is 1. The monoisotopic (exact) mass is 615 g/mol. The SMILES string of the molecule is COC(=O)CCN(Cc1cccc(OCc2ccccc2)c1)C(=O)c1cccc(OCc2ccc(OCc3ccccc3)cc2)c1. The Hall–Kier alpha value is -5.56. The summed E-state index contributed by atoms with van der Waals surface area (Å²) < 4.78 is 22.7. The zero-order chi connectivity index (χ0) is 32.0. The quantitative estimate of drug-likeness (QED) is 0.113. The smallest absolute Gasteiger partial charge is 0.307 e. The zero-order valence-corrected chi connectivity index (χ0v) is 25.8. The standard InChI is InChI=1S/C39H37NO6/c1-43-38(41)22-23-40(26-33-14-8-16-36(24-33)45-28-31-12-6-3-7-13-31)39(42)34-15-9-17-37(25-34)46-29-32-18-20-35(21-19-32)44-27-30-10-4-2-5-11-30/h2-21,24-25H,22-23,26-29H2,1H3. The molecule has 7 heteroatoms. The van der Waals surface area contributed by atoms with Crippen molar-refractivity contribution in [2.24, 2.45) is 0 Å². The summed E-state index contributed by atoms with van der Waals surface area (Å²) in [5, 5.41) is 0. The molecular formula is C39H37NO6. The summed E-state index contributed by atoms with van der Waals surface area (Å²) >= 11 is 0. The molecule has 0 saturated heterocycles. The van der Waals surface area contributed by atoms with Gasteiger partial charge < -0.3 is 23.8 Å². The number of rotatable bonds is 15. The van der Waals surface area contributed by atoms with Crippen molar-refractivity contribution in [2.75, 3.05) is 13.7 Å². The molecule has 0 aliphatic rings. The van der Waals surface area contributed by atoms with Crippen LogP contribution in [0.2, 0.25) is 0 Å². The van der Waals surface area contributed by atoms with E-state index in [4.69, 9.17) is 18.9 Å². The molecule has 0 radical (unpaired) electrons. The molecule has 1 amide bonds. The third kappa shape index (κ3) is 9.72. The van der Waals surface area contributed by atoms with Crippen LogP contribution in [-0.2, 0) is 35.9 Å². The first-order valence-corrected chi connectivity index (χ1v) is 15.2. The Bertz CT molecular complexity index is 1690. The highest BCUT2D eigenvalue weighted by Gasteiger charge is 2.19. The van der Waals surface area contributed by atoms with Gasteiger partial charge in [0, 0.05) is 18.7 Å². The van der Waals surface area contributed by atoms with Crippen LogP contribution in [-0.4, -0.2) is 30.4 Å². The number of amides is 1. The molecule has 0 saturated carbocycles. The van der Waals surface area contributed by atoms with Crippen molar-refractivity contribution in [1.82, 2.24) is 4.90 Å². The van der Waals surface area contributed by atoms with E-state index in [1.165, 1.54) is 7.11 Å². The molecule has 0 spiro atoms. The lowest BCUT2D eigenvalue weighted by Crippen LogP contribution is -2.32. The number of hydrogen-bond donors (Lipinski definition) is 0. The second kappa shape index (κ2) is 16.5. The number of ether oxygens (including phenoxy) is 4. The Labute approximate surface area is 269 Å². The summed E-state index contributed by atoms with van der Waals surface area (Å²) in [5.41, 5.74) is 4.48. The van der Waals surface area contributed by atoms with Gasteiger partial charge in [-0.3, -0.25) is 9.59 Å². The van der Waals surface area contributed by atoms with Crippen molar-refractivity contribution in [3.63, 3.8) is 0 Å². The van der Waals surface area contributed by atoms with Crippen molar-refractivity contribution in [2.45, 2.75) is 32.8 Å². The Morgan fingerprint density at radius 3 is 1.67 bits per heavy atom. The molecule has 0 atom stereocenters. The predicted molar refractivity (Wildman–Crippen MR) is 177 cm³/mol. The van der Waals surface area contributed by atoms with Crippen molar-refractivity contribution in [1.29, 1.82) is 0 Å². The molecule has 0 unspecified atom stereocenters. The Kier molecular flexibility index (Phi) is 11.4. The van der Waals surface area contributed by atoms with Crippen LogP contribution in [0.25, 0.3) is 0 Å². The highest BCUT2D eigenvalue weighted by Crippen LogP contribution is 2.21. The van der Waals surface area contributed by atoms with Gasteiger partial charge in [-0.15, -0.1) is 0 Å². The van der Waals surface area contributed by atoms with Gasteiger partial charge in [0.2, 0.25) is 0 Å². The predicted octanol–water partition coefficient (Wildman–Crippen LogP) is 7.63. The average Bonchev–Trinajstić information content (AvgIpc) is 3.12. The molecule has 234 valence electrons. The van der Waals surface area contributed by atoms with Crippen LogP contribution in [0.1, 0.15) is 39.0 Å². The second-order valence-electron chi connectivity index (χ2n) is 10.7. The van der Waals surface area contributed by atoms with E-state index in [-0.39, 0.29) is 24.8 Å². The van der Waals surface area contributed by atoms with Gasteiger partial charge in [0.05, 0.1) is 13.5 Å². The fraction of sp³-hybridized carbons (Fsp3) is 0.179. The van der Waals surface area contributed by atoms with E-state index in [1.54, 1.807) is 23.1 Å². The Morgan fingerprint density at radius 2 is 1.07 bits per heavy atom. The number of carbonyl (C=O) groups is 2. The summed E-state index contributed by atoms with van der Waals surface area (Å²) in [4.78, 5) is 27.4. The van der Waals surface area contributed by atoms with E-state index >= 15 is 0 Å². The first kappa shape index (κ1) is 31.9. The lowest BCUT2D eigenvalue weighted by molar-refractivity contribution is -0.140. The van der Waals surface area contributed by atoms with Crippen molar-refractivity contribution >= 4 is 11.9 Å². The summed E-state index contributed by atoms with van der Waals surface area (Å²) in [6.07, 6.45) is 0.0771. The Balaban J connectivity index is 1.21. The number of esters is 1. The van der Waals surface area contributed by atoms with E-state index in [0.29, 0.717) is 43.4 Å². The molecule has 5 aromatic rings. The van der Waals surface area contributed by atoms with E-state index in [9.17, 15) is 9.59 Å². The van der Waals surface area contributed by atoms with E-state index in [2.05, 4.69) is 0 Å². The third-order valence-electron chi connectivity index (χ3n) is 7.28. The van der Waals surface area contributed by atoms with Gasteiger partial charge in [-0.05, 0) is 64.7 Å². The summed E-state index contributed by atoms with van der Waals surface area (Å²) in [5.74, 6) is 1.45. The fourth-order valence-corrected chi connectivity index (χ4v) is 4.77. The topological polar surface area (TPSA) is 74.3 Å². The highest BCUT2D eigenvalue weighted by atomic mass is 16.5. The first-order chi connectivity index (χ1) is 22.6. The molecule has 5 rings (SSSR count). The molecule has 0 bridgehead atoms. The minimum Gasteiger partial charge on any atom is -0.489 e. The molecule has 46 heavy (non-hydrogen) atoms. The minimum atomic E-state index is -0.383. The zero-order valence-electron chi connectivity index (χ0n) is 25.8. The van der Waals surface area contributed by atoms with Crippen LogP contribution >= 0.6 is 0 Å². The van der Waals surface area contributed by atoms with Gasteiger partial charge in [0.25, 0.3) is 5.91 Å². The molecule has 0 N–H and O–H groups in total. The summed E-state index contributed by atoms with van der Waals surface area (Å²) in [6.45, 7) is 1.76. The van der Waals surface area contributed by atoms with Crippen LogP contribution < -0.4 is 14.2 Å². The van der Waals surface area contributed by atoms with Crippen molar-refractivity contribution in [3.8, 4) is 17.2 Å². The van der Waals surface area contributed by atoms with Gasteiger partial charge in [-0.1, -0.05) is 91.0 Å². The van der Waals surface area contributed by atoms with Gasteiger partial charge in [0.15, 0.2) is 0 Å². The van der Waals surface area contributed by atoms with Gasteiger partial charge in [-0.25, -0.2) is 0 Å². The van der Waals surface area contributed by atoms with Gasteiger partial charge in [0.1, 0.15) is 37.1 Å². The lowest BCUT2D eigenvalue weighted by Gasteiger charge is -2.23. The fourth-order valence-electron chi connectivity index (χ4n) is 4.77. The number of hydrogen-bond acceptors (Lipinski definition) is 6. The molecular weight excluding hydrogens is 578 g/mol. The third-order valence-corrected chi connectivity index (χ3v) is 7.28. The molecule has 0 aliphatic carbocycles. The second-order valence-corrected chi connectivity index (χ2v) is 10.7. The van der Waals surface area contributed by atoms with Crippen molar-refractivity contribution < 1.29 is 28.5 Å². The highest BCUT2D eigenvalue weighted by molar-refractivity contribution is 5.94. The van der Waals surface area contributed by atoms with Gasteiger partial charge in [-0.2, -0.15) is 0 Å². The molecule has 0 aliphatic heterocycles. The maximum atomic E-state index is 13.7. The van der Waals surface area contributed by atoms with Crippen molar-refractivity contribution in [3.05, 3.63) is 161 Å². The largest absolute Gasteiger partial charge is 0.489 e. The molecule has 0 heterocycles. The van der Waals surface area contributed by atoms with E-state index in [0.717, 1.165) is 28.0 Å². The maximum Gasteiger partial charge on any atom is 0.307 e. The average molecular weight is 616 g/mol. The first-order valence-electron chi connectivity index (χ1n) is 15.2. The Morgan fingerprint density at radius 1 is 0.543 bits per heavy atom. The summed E-state index contributed by atoms with van der Waals surface area (Å²) in [7, 11) is 1.34. The number of carbonyl (C=O) groups excluding carboxylic acids is 2. The van der Waals surface area contributed by atoms with Crippen LogP contribution in [0.3, 0.4) is 0 Å². The maximum absolute atomic E-state index is 13.7. The van der Waals surface area contributed by atoms with Crippen LogP contribution in [0, 0.1) is 0 Å². The number of benzene rings is 5. The normalized spacial score (nSPS) is 10.5. The van der Waals surface area contributed by atoms with Crippen LogP contribution in [0.15, 0.2) is 133 Å². The number of nitrogens with zero attached hydrogens (tertiary/aromatic N) is 1. The van der Waals surface area contributed by atoms with E-state index in [1.807, 2.05) is 115 Å². The molecule has 5 aromatic carbocycles. The minimum absolute atomic E-state index is 0.0771. The van der Waals surface area contributed by atoms with Crippen LogP contribution in [0.4, 0.5) is 0 Å². The van der Waals surface area contributed by atoms with E-state index < -0.39 is 0 Å². The molecule has 7 nitrogen and oxygen atoms in total. The van der Waals surface area contributed by atoms with Crippen LogP contribution in [0.5, 0.6) is 17.2 Å². The molecule has 0 fully saturated rings. The van der Waals surface area contributed by atoms with Gasteiger partial charge >= 0.3 is 5.97 Å². The summed E-state index contributed by atoms with van der Waals surface area (Å²) in [6, 6.07) is 42.4.